The van der Waals surface area contributed by atoms with Crippen molar-refractivity contribution in [2.24, 2.45) is 5.92 Å². The van der Waals surface area contributed by atoms with Crippen molar-refractivity contribution in [3.8, 4) is 17.1 Å². The van der Waals surface area contributed by atoms with Crippen molar-refractivity contribution in [1.82, 2.24) is 20.1 Å². The van der Waals surface area contributed by atoms with E-state index in [4.69, 9.17) is 9.84 Å². The molecule has 0 aromatic carbocycles. The van der Waals surface area contributed by atoms with E-state index in [-0.39, 0.29) is 18.4 Å². The first kappa shape index (κ1) is 18.9. The highest BCUT2D eigenvalue weighted by atomic mass is 16.5. The molecule has 1 amide bonds. The normalized spacial score (nSPS) is 17.1. The van der Waals surface area contributed by atoms with E-state index in [1.807, 2.05) is 18.2 Å². The lowest BCUT2D eigenvalue weighted by molar-refractivity contribution is -0.148. The number of aromatic nitrogens is 3. The van der Waals surface area contributed by atoms with Crippen LogP contribution in [0.25, 0.3) is 11.4 Å². The predicted molar refractivity (Wildman–Crippen MR) is 98.1 cm³/mol. The summed E-state index contributed by atoms with van der Waals surface area (Å²) in [6.45, 7) is 0.914. The quantitative estimate of drug-likeness (QED) is 0.654. The number of piperidine rings is 1. The number of H-pyrrole nitrogens is 1. The third-order valence-corrected chi connectivity index (χ3v) is 4.70. The average Bonchev–Trinajstić information content (AvgIpc) is 3.19. The van der Waals surface area contributed by atoms with Crippen molar-refractivity contribution >= 4 is 11.9 Å². The van der Waals surface area contributed by atoms with Gasteiger partial charge < -0.3 is 14.7 Å². The topological polar surface area (TPSA) is 108 Å². The zero-order valence-electron chi connectivity index (χ0n) is 15.1. The fourth-order valence-electron chi connectivity index (χ4n) is 3.31. The number of nitrogens with zero attached hydrogens (tertiary/aromatic N) is 3. The van der Waals surface area contributed by atoms with Crippen molar-refractivity contribution in [2.45, 2.75) is 32.1 Å². The number of pyridine rings is 1. The Morgan fingerprint density at radius 2 is 2.22 bits per heavy atom. The molecule has 8 heteroatoms. The Labute approximate surface area is 157 Å². The zero-order valence-corrected chi connectivity index (χ0v) is 15.1. The summed E-state index contributed by atoms with van der Waals surface area (Å²) < 4.78 is 5.71. The molecule has 1 fully saturated rings. The van der Waals surface area contributed by atoms with Crippen molar-refractivity contribution < 1.29 is 19.4 Å². The van der Waals surface area contributed by atoms with Crippen molar-refractivity contribution in [3.05, 3.63) is 30.6 Å². The summed E-state index contributed by atoms with van der Waals surface area (Å²) in [6.07, 6.45) is 7.56. The zero-order chi connectivity index (χ0) is 19.1. The van der Waals surface area contributed by atoms with Gasteiger partial charge in [-0.05, 0) is 50.3 Å². The van der Waals surface area contributed by atoms with Gasteiger partial charge in [0.15, 0.2) is 0 Å². The molecule has 0 saturated carbocycles. The molecular formula is C19H24N4O4. The Morgan fingerprint density at radius 1 is 1.33 bits per heavy atom. The molecule has 3 heterocycles. The molecule has 27 heavy (non-hydrogen) atoms. The van der Waals surface area contributed by atoms with Crippen molar-refractivity contribution in [1.29, 1.82) is 0 Å². The number of carboxylic acid groups (broad SMARTS) is 1. The van der Waals surface area contributed by atoms with E-state index in [2.05, 4.69) is 15.2 Å². The van der Waals surface area contributed by atoms with E-state index in [1.165, 1.54) is 4.90 Å². The van der Waals surface area contributed by atoms with Gasteiger partial charge in [-0.15, -0.1) is 0 Å². The Hall–Kier alpha value is -2.90. The number of hydrogen-bond acceptors (Lipinski definition) is 5. The van der Waals surface area contributed by atoms with Crippen LogP contribution in [-0.4, -0.2) is 56.8 Å². The number of carbonyl (C=O) groups excluding carboxylic acids is 1. The minimum atomic E-state index is -0.954. The van der Waals surface area contributed by atoms with Crippen LogP contribution in [0.1, 0.15) is 32.1 Å². The molecule has 0 bridgehead atoms. The number of amides is 1. The van der Waals surface area contributed by atoms with E-state index in [0.29, 0.717) is 18.9 Å². The molecule has 1 aliphatic rings. The van der Waals surface area contributed by atoms with Crippen LogP contribution in [0.3, 0.4) is 0 Å². The molecule has 2 N–H and O–H groups in total. The first-order valence-corrected chi connectivity index (χ1v) is 9.22. The van der Waals surface area contributed by atoms with Crippen LogP contribution in [0.15, 0.2) is 30.6 Å². The fraction of sp³-hybridized carbons (Fsp3) is 0.474. The molecule has 1 atom stereocenters. The largest absolute Gasteiger partial charge is 0.492 e. The van der Waals surface area contributed by atoms with Gasteiger partial charge in [0.2, 0.25) is 5.91 Å². The van der Waals surface area contributed by atoms with E-state index in [1.54, 1.807) is 12.4 Å². The summed E-state index contributed by atoms with van der Waals surface area (Å²) in [7, 11) is 0. The van der Waals surface area contributed by atoms with E-state index in [9.17, 15) is 9.59 Å². The van der Waals surface area contributed by atoms with E-state index in [0.717, 1.165) is 43.5 Å². The lowest BCUT2D eigenvalue weighted by atomic mass is 9.92. The van der Waals surface area contributed by atoms with Gasteiger partial charge in [-0.1, -0.05) is 0 Å². The molecule has 2 aromatic rings. The summed E-state index contributed by atoms with van der Waals surface area (Å²) in [5.41, 5.74) is 1.66. The number of hydrogen-bond donors (Lipinski definition) is 2. The molecule has 0 aliphatic carbocycles. The third kappa shape index (κ3) is 5.29. The van der Waals surface area contributed by atoms with Crippen LogP contribution in [0.5, 0.6) is 5.75 Å². The summed E-state index contributed by atoms with van der Waals surface area (Å²) in [4.78, 5) is 28.9. The van der Waals surface area contributed by atoms with Gasteiger partial charge in [-0.2, -0.15) is 5.10 Å². The predicted octanol–water partition coefficient (Wildman–Crippen LogP) is 2.34. The standard InChI is InChI=1S/C19H24N4O4/c24-18(25)13-23-10-3-5-14(19(23)26)4-1-2-11-27-15-6-7-16(20-12-15)17-8-9-21-22-17/h6-9,12,14H,1-5,10-11,13H2,(H,21,22)(H,24,25). The second-order valence-corrected chi connectivity index (χ2v) is 6.69. The molecule has 1 unspecified atom stereocenters. The van der Waals surface area contributed by atoms with E-state index < -0.39 is 5.97 Å². The second kappa shape index (κ2) is 9.16. The van der Waals surface area contributed by atoms with Crippen LogP contribution in [0.2, 0.25) is 0 Å². The number of aromatic amines is 1. The molecule has 1 saturated heterocycles. The highest BCUT2D eigenvalue weighted by Gasteiger charge is 2.29. The summed E-state index contributed by atoms with van der Waals surface area (Å²) in [6, 6.07) is 5.60. The van der Waals surface area contributed by atoms with Crippen LogP contribution >= 0.6 is 0 Å². The number of ether oxygens (including phenoxy) is 1. The minimum absolute atomic E-state index is 0.0248. The molecule has 144 valence electrons. The summed E-state index contributed by atoms with van der Waals surface area (Å²) in [5.74, 6) is -0.333. The number of carbonyl (C=O) groups is 2. The van der Waals surface area contributed by atoms with Gasteiger partial charge in [-0.25, -0.2) is 0 Å². The first-order chi connectivity index (χ1) is 13.1. The Kier molecular flexibility index (Phi) is 6.40. The number of rotatable bonds is 9. The lowest BCUT2D eigenvalue weighted by Crippen LogP contribution is -2.43. The molecule has 8 nitrogen and oxygen atoms in total. The number of unbranched alkanes of at least 4 members (excludes halogenated alkanes) is 1. The average molecular weight is 372 g/mol. The number of aliphatic carboxylic acids is 1. The van der Waals surface area contributed by atoms with E-state index >= 15 is 0 Å². The van der Waals surface area contributed by atoms with Crippen LogP contribution in [-0.2, 0) is 9.59 Å². The molecular weight excluding hydrogens is 348 g/mol. The maximum atomic E-state index is 12.3. The lowest BCUT2D eigenvalue weighted by Gasteiger charge is -2.31. The summed E-state index contributed by atoms with van der Waals surface area (Å²) in [5, 5.41) is 15.6. The third-order valence-electron chi connectivity index (χ3n) is 4.70. The Bertz CT molecular complexity index is 746. The molecule has 1 aliphatic heterocycles. The maximum absolute atomic E-state index is 12.3. The minimum Gasteiger partial charge on any atom is -0.492 e. The van der Waals surface area contributed by atoms with Crippen LogP contribution in [0, 0.1) is 5.92 Å². The van der Waals surface area contributed by atoms with Crippen LogP contribution < -0.4 is 4.74 Å². The molecule has 0 radical (unpaired) electrons. The second-order valence-electron chi connectivity index (χ2n) is 6.69. The van der Waals surface area contributed by atoms with Crippen molar-refractivity contribution in [3.63, 3.8) is 0 Å². The monoisotopic (exact) mass is 372 g/mol. The summed E-state index contributed by atoms with van der Waals surface area (Å²) >= 11 is 0. The smallest absolute Gasteiger partial charge is 0.323 e. The Balaban J connectivity index is 1.36. The fourth-order valence-corrected chi connectivity index (χ4v) is 3.31. The Morgan fingerprint density at radius 3 is 2.93 bits per heavy atom. The van der Waals surface area contributed by atoms with Crippen LogP contribution in [0.4, 0.5) is 0 Å². The van der Waals surface area contributed by atoms with Gasteiger partial charge in [0.25, 0.3) is 0 Å². The molecule has 2 aromatic heterocycles. The maximum Gasteiger partial charge on any atom is 0.323 e. The van der Waals surface area contributed by atoms with Gasteiger partial charge in [0.05, 0.1) is 24.2 Å². The highest BCUT2D eigenvalue weighted by Crippen LogP contribution is 2.23. The number of likely N-dealkylation sites (tertiary alicyclic amines) is 1. The molecule has 0 spiro atoms. The van der Waals surface area contributed by atoms with Gasteiger partial charge in [-0.3, -0.25) is 19.7 Å². The van der Waals surface area contributed by atoms with Gasteiger partial charge >= 0.3 is 5.97 Å². The SMILES string of the molecule is O=C(O)CN1CCCC(CCCCOc2ccc(-c3ccn[nH]3)nc2)C1=O. The first-order valence-electron chi connectivity index (χ1n) is 9.22. The van der Waals surface area contributed by atoms with Gasteiger partial charge in [0.1, 0.15) is 12.3 Å². The number of carboxylic acids is 1. The highest BCUT2D eigenvalue weighted by molar-refractivity contribution is 5.83. The number of nitrogens with one attached hydrogen (secondary N) is 1. The van der Waals surface area contributed by atoms with Gasteiger partial charge in [0, 0.05) is 18.7 Å². The van der Waals surface area contributed by atoms with Crippen molar-refractivity contribution in [2.75, 3.05) is 19.7 Å². The molecule has 3 rings (SSSR count).